The molecule has 2 aromatic carbocycles. The quantitative estimate of drug-likeness (QED) is 0.677. The lowest BCUT2D eigenvalue weighted by Gasteiger charge is -2.21. The van der Waals surface area contributed by atoms with Gasteiger partial charge < -0.3 is 0 Å². The zero-order chi connectivity index (χ0) is 14.8. The first-order valence-electron chi connectivity index (χ1n) is 8.23. The molecule has 110 valence electrons. The lowest BCUT2D eigenvalue weighted by atomic mass is 9.94. The molecule has 0 spiro atoms. The van der Waals surface area contributed by atoms with Crippen molar-refractivity contribution in [3.05, 3.63) is 83.2 Å². The van der Waals surface area contributed by atoms with E-state index in [-0.39, 0.29) is 7.92 Å². The van der Waals surface area contributed by atoms with Crippen molar-refractivity contribution < 1.29 is 0 Å². The lowest BCUT2D eigenvalue weighted by molar-refractivity contribution is 0.680. The van der Waals surface area contributed by atoms with Gasteiger partial charge >= 0.3 is 0 Å². The molecule has 2 aromatic rings. The minimum absolute atomic E-state index is 0.369. The van der Waals surface area contributed by atoms with Crippen molar-refractivity contribution >= 4 is 18.5 Å². The standard InChI is InChI=1S/C21H21P/c1-3-11-19(12-4-1)22(20-13-5-2-6-14-20)21-15-17-9-7-8-10-18(17)16-21/h1-6,11-15H,7-10,16H2. The van der Waals surface area contributed by atoms with Crippen molar-refractivity contribution in [2.75, 3.05) is 0 Å². The molecule has 0 N–H and O–H groups in total. The Hall–Kier alpha value is -1.65. The maximum absolute atomic E-state index is 2.54. The first-order chi connectivity index (χ1) is 10.9. The van der Waals surface area contributed by atoms with Gasteiger partial charge in [0, 0.05) is 0 Å². The number of allylic oxidation sites excluding steroid dienone is 4. The second-order valence-electron chi connectivity index (χ2n) is 6.15. The van der Waals surface area contributed by atoms with Crippen LogP contribution in [0.2, 0.25) is 0 Å². The van der Waals surface area contributed by atoms with E-state index in [1.807, 2.05) is 0 Å². The third-order valence-electron chi connectivity index (χ3n) is 4.68. The molecule has 4 rings (SSSR count). The molecule has 2 aliphatic rings. The molecule has 0 aromatic heterocycles. The van der Waals surface area contributed by atoms with Crippen LogP contribution < -0.4 is 10.6 Å². The van der Waals surface area contributed by atoms with E-state index in [1.54, 1.807) is 16.5 Å². The van der Waals surface area contributed by atoms with Gasteiger partial charge in [0.15, 0.2) is 0 Å². The van der Waals surface area contributed by atoms with Crippen LogP contribution >= 0.6 is 7.92 Å². The van der Waals surface area contributed by atoms with Gasteiger partial charge in [-0.1, -0.05) is 72.3 Å². The molecule has 0 radical (unpaired) electrons. The highest BCUT2D eigenvalue weighted by Gasteiger charge is 2.25. The maximum atomic E-state index is 2.54. The molecule has 0 heterocycles. The van der Waals surface area contributed by atoms with Gasteiger partial charge in [0.1, 0.15) is 0 Å². The number of hydrogen-bond acceptors (Lipinski definition) is 0. The van der Waals surface area contributed by atoms with Crippen molar-refractivity contribution in [3.63, 3.8) is 0 Å². The van der Waals surface area contributed by atoms with Gasteiger partial charge in [-0.15, -0.1) is 0 Å². The summed E-state index contributed by atoms with van der Waals surface area (Å²) in [6, 6.07) is 22.2. The van der Waals surface area contributed by atoms with Crippen LogP contribution in [-0.2, 0) is 0 Å². The minimum atomic E-state index is -0.369. The highest BCUT2D eigenvalue weighted by Crippen LogP contribution is 2.51. The maximum Gasteiger partial charge on any atom is -0.00504 e. The first kappa shape index (κ1) is 14.0. The van der Waals surface area contributed by atoms with Crippen LogP contribution in [0.25, 0.3) is 0 Å². The second kappa shape index (κ2) is 6.23. The van der Waals surface area contributed by atoms with Crippen molar-refractivity contribution in [2.45, 2.75) is 32.1 Å². The van der Waals surface area contributed by atoms with E-state index in [4.69, 9.17) is 0 Å². The minimum Gasteiger partial charge on any atom is -0.0625 e. The van der Waals surface area contributed by atoms with Crippen LogP contribution in [0.4, 0.5) is 0 Å². The summed E-state index contributed by atoms with van der Waals surface area (Å²) >= 11 is 0. The molecule has 2 aliphatic carbocycles. The van der Waals surface area contributed by atoms with E-state index < -0.39 is 0 Å². The summed E-state index contributed by atoms with van der Waals surface area (Å²) in [5.41, 5.74) is 3.38. The molecule has 0 saturated heterocycles. The molecule has 0 bridgehead atoms. The van der Waals surface area contributed by atoms with E-state index in [1.165, 1.54) is 42.7 Å². The van der Waals surface area contributed by atoms with Gasteiger partial charge in [-0.25, -0.2) is 0 Å². The Morgan fingerprint density at radius 1 is 0.682 bits per heavy atom. The zero-order valence-electron chi connectivity index (χ0n) is 12.8. The van der Waals surface area contributed by atoms with Crippen LogP contribution in [-0.4, -0.2) is 0 Å². The van der Waals surface area contributed by atoms with Crippen molar-refractivity contribution in [1.82, 2.24) is 0 Å². The van der Waals surface area contributed by atoms with Crippen LogP contribution in [0.15, 0.2) is 83.2 Å². The second-order valence-corrected chi connectivity index (χ2v) is 8.43. The molecule has 0 atom stereocenters. The lowest BCUT2D eigenvalue weighted by Crippen LogP contribution is -2.12. The molecule has 0 nitrogen and oxygen atoms in total. The summed E-state index contributed by atoms with van der Waals surface area (Å²) in [5, 5.41) is 4.61. The Labute approximate surface area is 134 Å². The smallest absolute Gasteiger partial charge is 0.00504 e. The van der Waals surface area contributed by atoms with E-state index in [9.17, 15) is 0 Å². The molecule has 0 amide bonds. The summed E-state index contributed by atoms with van der Waals surface area (Å²) in [6.07, 6.45) is 9.13. The predicted molar refractivity (Wildman–Crippen MR) is 97.3 cm³/mol. The predicted octanol–water partition coefficient (Wildman–Crippen LogP) is 5.28. The summed E-state index contributed by atoms with van der Waals surface area (Å²) in [6.45, 7) is 0. The monoisotopic (exact) mass is 304 g/mol. The molecule has 0 aliphatic heterocycles. The fraction of sp³-hybridized carbons (Fsp3) is 0.238. The van der Waals surface area contributed by atoms with E-state index in [2.05, 4.69) is 66.7 Å². The van der Waals surface area contributed by atoms with Crippen molar-refractivity contribution in [3.8, 4) is 0 Å². The molecular weight excluding hydrogens is 283 g/mol. The molecule has 0 saturated carbocycles. The first-order valence-corrected chi connectivity index (χ1v) is 9.58. The van der Waals surface area contributed by atoms with Gasteiger partial charge in [0.2, 0.25) is 0 Å². The molecule has 1 heteroatoms. The Kier molecular flexibility index (Phi) is 3.95. The van der Waals surface area contributed by atoms with Gasteiger partial charge in [0.05, 0.1) is 0 Å². The van der Waals surface area contributed by atoms with Gasteiger partial charge in [-0.3, -0.25) is 0 Å². The number of rotatable bonds is 3. The third kappa shape index (κ3) is 2.69. The largest absolute Gasteiger partial charge is 0.0625 e. The van der Waals surface area contributed by atoms with Crippen molar-refractivity contribution in [2.24, 2.45) is 0 Å². The third-order valence-corrected chi connectivity index (χ3v) is 7.17. The van der Waals surface area contributed by atoms with E-state index in [0.717, 1.165) is 0 Å². The number of hydrogen-bond donors (Lipinski definition) is 0. The summed E-state index contributed by atoms with van der Waals surface area (Å²) in [5.74, 6) is 0. The highest BCUT2D eigenvalue weighted by atomic mass is 31.1. The van der Waals surface area contributed by atoms with Crippen LogP contribution in [0.5, 0.6) is 0 Å². The topological polar surface area (TPSA) is 0 Å². The SMILES string of the molecule is C1=C(P(c2ccccc2)c2ccccc2)CC2=C1CCCC2. The highest BCUT2D eigenvalue weighted by molar-refractivity contribution is 7.76. The Morgan fingerprint density at radius 2 is 1.27 bits per heavy atom. The summed E-state index contributed by atoms with van der Waals surface area (Å²) < 4.78 is 0. The van der Waals surface area contributed by atoms with E-state index >= 15 is 0 Å². The van der Waals surface area contributed by atoms with Gasteiger partial charge in [-0.05, 0) is 61.5 Å². The zero-order valence-corrected chi connectivity index (χ0v) is 13.7. The molecule has 0 fully saturated rings. The fourth-order valence-corrected chi connectivity index (χ4v) is 6.15. The molecule has 22 heavy (non-hydrogen) atoms. The average molecular weight is 304 g/mol. The fourth-order valence-electron chi connectivity index (χ4n) is 3.62. The summed E-state index contributed by atoms with van der Waals surface area (Å²) in [4.78, 5) is 0. The van der Waals surface area contributed by atoms with Crippen LogP contribution in [0.3, 0.4) is 0 Å². The van der Waals surface area contributed by atoms with Gasteiger partial charge in [-0.2, -0.15) is 0 Å². The molecule has 0 unspecified atom stereocenters. The Bertz CT molecular complexity index is 671. The number of benzene rings is 2. The summed E-state index contributed by atoms with van der Waals surface area (Å²) in [7, 11) is -0.369. The molecular formula is C21H21P. The van der Waals surface area contributed by atoms with Crippen LogP contribution in [0.1, 0.15) is 32.1 Å². The van der Waals surface area contributed by atoms with Crippen molar-refractivity contribution in [1.29, 1.82) is 0 Å². The normalized spacial score (nSPS) is 17.6. The average Bonchev–Trinajstić information content (AvgIpc) is 3.00. The van der Waals surface area contributed by atoms with Crippen LogP contribution in [0, 0.1) is 0 Å². The van der Waals surface area contributed by atoms with Gasteiger partial charge in [0.25, 0.3) is 0 Å². The Morgan fingerprint density at radius 3 is 1.86 bits per heavy atom. The van der Waals surface area contributed by atoms with E-state index in [0.29, 0.717) is 0 Å². The Balaban J connectivity index is 1.73.